The van der Waals surface area contributed by atoms with E-state index < -0.39 is 0 Å². The maximum Gasteiger partial charge on any atom is 0.338 e. The maximum absolute atomic E-state index is 12.5. The van der Waals surface area contributed by atoms with Gasteiger partial charge in [0.05, 0.1) is 18.3 Å². The van der Waals surface area contributed by atoms with E-state index in [0.717, 1.165) is 78.2 Å². The zero-order valence-electron chi connectivity index (χ0n) is 27.0. The van der Waals surface area contributed by atoms with Crippen LogP contribution in [0.5, 0.6) is 5.75 Å². The highest BCUT2D eigenvalue weighted by atomic mass is 16.5. The van der Waals surface area contributed by atoms with Crippen LogP contribution < -0.4 is 4.74 Å². The number of carbonyl (C=O) groups is 2. The number of esters is 1. The molecule has 0 N–H and O–H groups in total. The van der Waals surface area contributed by atoms with Crippen LogP contribution in [-0.4, -0.2) is 25.0 Å². The molecule has 4 heteroatoms. The summed E-state index contributed by atoms with van der Waals surface area (Å²) < 4.78 is 11.7. The maximum atomic E-state index is 12.5. The number of ether oxygens (including phenoxy) is 2. The Kier molecular flexibility index (Phi) is 15.9. The topological polar surface area (TPSA) is 52.6 Å². The summed E-state index contributed by atoms with van der Waals surface area (Å²) in [4.78, 5) is 24.7. The van der Waals surface area contributed by atoms with Crippen LogP contribution in [0.1, 0.15) is 143 Å². The van der Waals surface area contributed by atoms with Crippen LogP contribution in [-0.2, 0) is 17.6 Å². The van der Waals surface area contributed by atoms with Crippen LogP contribution >= 0.6 is 0 Å². The first-order chi connectivity index (χ1) is 21.0. The second-order valence-electron chi connectivity index (χ2n) is 12.1. The summed E-state index contributed by atoms with van der Waals surface area (Å²) >= 11 is 0. The number of hydrogen-bond donors (Lipinski definition) is 0. The van der Waals surface area contributed by atoms with Crippen molar-refractivity contribution in [2.24, 2.45) is 0 Å². The molecule has 0 unspecified atom stereocenters. The van der Waals surface area contributed by atoms with Crippen LogP contribution in [0.4, 0.5) is 0 Å². The molecule has 0 saturated carbocycles. The van der Waals surface area contributed by atoms with E-state index in [1.807, 2.05) is 49.4 Å². The summed E-state index contributed by atoms with van der Waals surface area (Å²) in [6.07, 6.45) is 19.7. The molecule has 234 valence electrons. The van der Waals surface area contributed by atoms with Crippen molar-refractivity contribution in [2.45, 2.75) is 130 Å². The standard InChI is InChI=1S/C39H54O4/c1-4-6-8-10-11-12-13-14-16-28-42-36-26-27-37-35(29-36)25-24-33(38(37)30-40)21-18-32-19-22-34(23-20-32)39(41)43-31(3)17-15-9-7-5-2/h19-20,22-27,29-31H,4-18,21,28H2,1-3H3/t31-/m1/s1. The Morgan fingerprint density at radius 2 is 1.40 bits per heavy atom. The van der Waals surface area contributed by atoms with Gasteiger partial charge in [0.2, 0.25) is 0 Å². The molecule has 0 radical (unpaired) electrons. The molecule has 3 rings (SSSR count). The third-order valence-corrected chi connectivity index (χ3v) is 8.40. The van der Waals surface area contributed by atoms with Crippen molar-refractivity contribution >= 4 is 23.0 Å². The van der Waals surface area contributed by atoms with Gasteiger partial charge in [0, 0.05) is 5.56 Å². The number of aryl methyl sites for hydroxylation is 2. The molecule has 0 amide bonds. The van der Waals surface area contributed by atoms with E-state index in [0.29, 0.717) is 5.56 Å². The van der Waals surface area contributed by atoms with Crippen molar-refractivity contribution in [1.82, 2.24) is 0 Å². The highest BCUT2D eigenvalue weighted by Gasteiger charge is 2.13. The van der Waals surface area contributed by atoms with Gasteiger partial charge in [-0.3, -0.25) is 4.79 Å². The minimum absolute atomic E-state index is 0.0685. The van der Waals surface area contributed by atoms with Crippen LogP contribution in [0, 0.1) is 0 Å². The Labute approximate surface area is 260 Å². The summed E-state index contributed by atoms with van der Waals surface area (Å²) in [7, 11) is 0. The SMILES string of the molecule is CCCCCCCCCCCOc1ccc2c(C=O)c(CCc3ccc(C(=O)O[C@H](C)CCCCCC)cc3)ccc2c1. The number of benzene rings is 3. The number of hydrogen-bond acceptors (Lipinski definition) is 4. The monoisotopic (exact) mass is 586 g/mol. The van der Waals surface area contributed by atoms with Gasteiger partial charge in [-0.05, 0) is 91.3 Å². The quantitative estimate of drug-likeness (QED) is 0.0667. The Morgan fingerprint density at radius 1 is 0.744 bits per heavy atom. The Morgan fingerprint density at radius 3 is 2.07 bits per heavy atom. The number of aldehydes is 1. The van der Waals surface area contributed by atoms with E-state index in [1.54, 1.807) is 0 Å². The van der Waals surface area contributed by atoms with Gasteiger partial charge >= 0.3 is 5.97 Å². The van der Waals surface area contributed by atoms with Gasteiger partial charge in [-0.2, -0.15) is 0 Å². The van der Waals surface area contributed by atoms with E-state index in [4.69, 9.17) is 9.47 Å². The predicted molar refractivity (Wildman–Crippen MR) is 180 cm³/mol. The number of fused-ring (bicyclic) bond motifs is 1. The van der Waals surface area contributed by atoms with Gasteiger partial charge in [-0.25, -0.2) is 4.79 Å². The van der Waals surface area contributed by atoms with E-state index in [-0.39, 0.29) is 12.1 Å². The first kappa shape index (κ1) is 34.4. The van der Waals surface area contributed by atoms with Gasteiger partial charge in [0.1, 0.15) is 5.75 Å². The van der Waals surface area contributed by atoms with Crippen molar-refractivity contribution in [3.8, 4) is 5.75 Å². The lowest BCUT2D eigenvalue weighted by Crippen LogP contribution is -2.15. The molecule has 4 nitrogen and oxygen atoms in total. The molecule has 0 fully saturated rings. The molecule has 0 aromatic heterocycles. The molecule has 3 aromatic rings. The van der Waals surface area contributed by atoms with Crippen LogP contribution in [0.25, 0.3) is 10.8 Å². The molecule has 0 bridgehead atoms. The Balaban J connectivity index is 1.46. The second-order valence-corrected chi connectivity index (χ2v) is 12.1. The molecular weight excluding hydrogens is 532 g/mol. The van der Waals surface area contributed by atoms with Gasteiger partial charge in [-0.15, -0.1) is 0 Å². The fraction of sp³-hybridized carbons (Fsp3) is 0.538. The molecular formula is C39H54O4. The highest BCUT2D eigenvalue weighted by Crippen LogP contribution is 2.27. The van der Waals surface area contributed by atoms with Crippen LogP contribution in [0.3, 0.4) is 0 Å². The molecule has 0 aliphatic heterocycles. The van der Waals surface area contributed by atoms with Crippen LogP contribution in [0.2, 0.25) is 0 Å². The molecule has 0 aliphatic rings. The fourth-order valence-corrected chi connectivity index (χ4v) is 5.68. The van der Waals surface area contributed by atoms with E-state index >= 15 is 0 Å². The van der Waals surface area contributed by atoms with Crippen molar-refractivity contribution < 1.29 is 19.1 Å². The average molecular weight is 587 g/mol. The molecule has 0 spiro atoms. The van der Waals surface area contributed by atoms with E-state index in [1.165, 1.54) is 70.6 Å². The largest absolute Gasteiger partial charge is 0.494 e. The van der Waals surface area contributed by atoms with Crippen LogP contribution in [0.15, 0.2) is 54.6 Å². The zero-order valence-corrected chi connectivity index (χ0v) is 27.0. The summed E-state index contributed by atoms with van der Waals surface area (Å²) in [5.74, 6) is 0.602. The predicted octanol–water partition coefficient (Wildman–Crippen LogP) is 10.9. The fourth-order valence-electron chi connectivity index (χ4n) is 5.68. The molecule has 0 aliphatic carbocycles. The average Bonchev–Trinajstić information content (AvgIpc) is 3.02. The Bertz CT molecular complexity index is 1230. The molecule has 1 atom stereocenters. The lowest BCUT2D eigenvalue weighted by Gasteiger charge is -2.13. The number of carbonyl (C=O) groups excluding carboxylic acids is 2. The van der Waals surface area contributed by atoms with Crippen molar-refractivity contribution in [3.63, 3.8) is 0 Å². The third kappa shape index (κ3) is 12.2. The molecule has 43 heavy (non-hydrogen) atoms. The molecule has 3 aromatic carbocycles. The summed E-state index contributed by atoms with van der Waals surface area (Å²) in [5.41, 5.74) is 3.49. The second kappa shape index (κ2) is 19.9. The Hall–Kier alpha value is -3.14. The normalized spacial score (nSPS) is 11.9. The minimum Gasteiger partial charge on any atom is -0.494 e. The first-order valence-electron chi connectivity index (χ1n) is 17.0. The van der Waals surface area contributed by atoms with Crippen molar-refractivity contribution in [3.05, 3.63) is 76.9 Å². The number of rotatable bonds is 22. The minimum atomic E-state index is -0.260. The molecule has 0 heterocycles. The lowest BCUT2D eigenvalue weighted by atomic mass is 9.95. The third-order valence-electron chi connectivity index (χ3n) is 8.40. The summed E-state index contributed by atoms with van der Waals surface area (Å²) in [6, 6.07) is 17.9. The van der Waals surface area contributed by atoms with Gasteiger partial charge in [0.25, 0.3) is 0 Å². The summed E-state index contributed by atoms with van der Waals surface area (Å²) in [6.45, 7) is 7.16. The van der Waals surface area contributed by atoms with E-state index in [2.05, 4.69) is 26.0 Å². The number of unbranched alkanes of at least 4 members (excludes halogenated alkanes) is 11. The van der Waals surface area contributed by atoms with Gasteiger partial charge < -0.3 is 9.47 Å². The summed E-state index contributed by atoms with van der Waals surface area (Å²) in [5, 5.41) is 1.99. The smallest absolute Gasteiger partial charge is 0.338 e. The van der Waals surface area contributed by atoms with E-state index in [9.17, 15) is 9.59 Å². The van der Waals surface area contributed by atoms with Gasteiger partial charge in [0.15, 0.2) is 6.29 Å². The van der Waals surface area contributed by atoms with Crippen molar-refractivity contribution in [1.29, 1.82) is 0 Å². The lowest BCUT2D eigenvalue weighted by molar-refractivity contribution is 0.0319. The highest BCUT2D eigenvalue weighted by molar-refractivity contribution is 6.00. The first-order valence-corrected chi connectivity index (χ1v) is 17.0. The van der Waals surface area contributed by atoms with Gasteiger partial charge in [-0.1, -0.05) is 109 Å². The molecule has 0 saturated heterocycles. The zero-order chi connectivity index (χ0) is 30.7. The van der Waals surface area contributed by atoms with Crippen molar-refractivity contribution in [2.75, 3.05) is 6.61 Å².